The number of halogens is 2. The van der Waals surface area contributed by atoms with Crippen molar-refractivity contribution in [2.45, 2.75) is 12.5 Å². The number of aromatic nitrogens is 1. The Morgan fingerprint density at radius 1 is 1.33 bits per heavy atom. The predicted octanol–water partition coefficient (Wildman–Crippen LogP) is 2.22. The standard InChI is InChI=1S/C19H18F2N4O4S/c1-19(9-30(26,27)25(2)18(22)24-19)13-5-11(3-4-14(13)20)6-15(21)12-7-16-17(23-8-12)29-10-28-16/h3-8H,9-10H2,1-2H3,(H2,22,24)/b15-6-/t19-/m0/s1. The number of nitrogens with zero attached hydrogens (tertiary/aromatic N) is 3. The number of hydrogen-bond donors (Lipinski definition) is 1. The van der Waals surface area contributed by atoms with Crippen LogP contribution in [0.1, 0.15) is 23.6 Å². The molecule has 1 aromatic heterocycles. The largest absolute Gasteiger partial charge is 0.452 e. The van der Waals surface area contributed by atoms with E-state index in [4.69, 9.17) is 15.2 Å². The van der Waals surface area contributed by atoms with Crippen LogP contribution in [0.2, 0.25) is 0 Å². The van der Waals surface area contributed by atoms with Gasteiger partial charge in [0.05, 0.1) is 5.75 Å². The third-order valence-corrected chi connectivity index (χ3v) is 6.88. The smallest absolute Gasteiger partial charge is 0.260 e. The van der Waals surface area contributed by atoms with E-state index in [9.17, 15) is 17.2 Å². The maximum absolute atomic E-state index is 14.8. The molecule has 1 aromatic carbocycles. The minimum Gasteiger partial charge on any atom is -0.452 e. The molecule has 0 spiro atoms. The van der Waals surface area contributed by atoms with Crippen LogP contribution in [0, 0.1) is 5.82 Å². The van der Waals surface area contributed by atoms with Crippen LogP contribution >= 0.6 is 0 Å². The minimum atomic E-state index is -3.78. The lowest BCUT2D eigenvalue weighted by Crippen LogP contribution is -2.50. The van der Waals surface area contributed by atoms with Gasteiger partial charge in [0.2, 0.25) is 22.8 Å². The Morgan fingerprint density at radius 3 is 2.83 bits per heavy atom. The van der Waals surface area contributed by atoms with Crippen molar-refractivity contribution in [2.24, 2.45) is 10.7 Å². The summed E-state index contributed by atoms with van der Waals surface area (Å²) in [6.07, 6.45) is 2.47. The molecule has 1 atom stereocenters. The monoisotopic (exact) mass is 436 g/mol. The van der Waals surface area contributed by atoms with Gasteiger partial charge in [-0.1, -0.05) is 6.07 Å². The van der Waals surface area contributed by atoms with Crippen LogP contribution in [0.15, 0.2) is 35.5 Å². The van der Waals surface area contributed by atoms with E-state index in [0.29, 0.717) is 11.3 Å². The summed E-state index contributed by atoms with van der Waals surface area (Å²) < 4.78 is 65.3. The Labute approximate surface area is 171 Å². The van der Waals surface area contributed by atoms with Crippen molar-refractivity contribution < 1.29 is 26.7 Å². The molecule has 0 aliphatic carbocycles. The second kappa shape index (κ2) is 6.94. The number of aliphatic imine (C=N–C) groups is 1. The minimum absolute atomic E-state index is 0.00696. The van der Waals surface area contributed by atoms with Crippen LogP contribution in [0.5, 0.6) is 11.6 Å². The number of guanidine groups is 1. The molecule has 0 bridgehead atoms. The molecule has 0 saturated heterocycles. The van der Waals surface area contributed by atoms with Crippen LogP contribution < -0.4 is 15.2 Å². The molecule has 2 aromatic rings. The van der Waals surface area contributed by atoms with E-state index in [1.54, 1.807) is 0 Å². The first-order chi connectivity index (χ1) is 14.1. The Kier molecular flexibility index (Phi) is 4.64. The highest BCUT2D eigenvalue weighted by Crippen LogP contribution is 2.35. The molecule has 158 valence electrons. The zero-order valence-electron chi connectivity index (χ0n) is 16.1. The van der Waals surface area contributed by atoms with Crippen molar-refractivity contribution in [3.8, 4) is 11.6 Å². The Morgan fingerprint density at radius 2 is 2.10 bits per heavy atom. The number of pyridine rings is 1. The molecule has 2 N–H and O–H groups in total. The summed E-state index contributed by atoms with van der Waals surface area (Å²) in [6.45, 7) is 1.48. The van der Waals surface area contributed by atoms with Gasteiger partial charge in [0.15, 0.2) is 5.75 Å². The number of benzene rings is 1. The molecule has 30 heavy (non-hydrogen) atoms. The quantitative estimate of drug-likeness (QED) is 0.791. The van der Waals surface area contributed by atoms with Gasteiger partial charge in [-0.15, -0.1) is 0 Å². The topological polar surface area (TPSA) is 107 Å². The van der Waals surface area contributed by atoms with E-state index in [1.807, 2.05) is 0 Å². The van der Waals surface area contributed by atoms with E-state index in [2.05, 4.69) is 9.98 Å². The van der Waals surface area contributed by atoms with E-state index in [0.717, 1.165) is 10.4 Å². The number of nitrogens with two attached hydrogens (primary N) is 1. The third-order valence-electron chi connectivity index (χ3n) is 4.93. The van der Waals surface area contributed by atoms with Crippen LogP contribution in [0.4, 0.5) is 8.78 Å². The average Bonchev–Trinajstić information content (AvgIpc) is 3.15. The van der Waals surface area contributed by atoms with Crippen molar-refractivity contribution in [2.75, 3.05) is 19.6 Å². The van der Waals surface area contributed by atoms with Gasteiger partial charge in [-0.25, -0.2) is 31.5 Å². The summed E-state index contributed by atoms with van der Waals surface area (Å²) in [5.74, 6) is -1.43. The van der Waals surface area contributed by atoms with Gasteiger partial charge in [-0.2, -0.15) is 0 Å². The highest BCUT2D eigenvalue weighted by molar-refractivity contribution is 7.89. The van der Waals surface area contributed by atoms with Crippen molar-refractivity contribution in [3.05, 3.63) is 53.0 Å². The zero-order chi connectivity index (χ0) is 21.7. The van der Waals surface area contributed by atoms with Crippen molar-refractivity contribution in [1.29, 1.82) is 0 Å². The van der Waals surface area contributed by atoms with Gasteiger partial charge in [0.25, 0.3) is 5.88 Å². The molecule has 11 heteroatoms. The van der Waals surface area contributed by atoms with E-state index < -0.39 is 33.0 Å². The highest BCUT2D eigenvalue weighted by Gasteiger charge is 2.41. The summed E-state index contributed by atoms with van der Waals surface area (Å²) in [7, 11) is -2.50. The Bertz CT molecular complexity index is 1200. The molecular formula is C19H18F2N4O4S. The lowest BCUT2D eigenvalue weighted by atomic mass is 9.92. The van der Waals surface area contributed by atoms with Crippen LogP contribution in [-0.4, -0.2) is 43.3 Å². The number of rotatable bonds is 3. The molecule has 0 amide bonds. The maximum atomic E-state index is 14.8. The van der Waals surface area contributed by atoms with Crippen LogP contribution in [-0.2, 0) is 15.6 Å². The first kappa shape index (κ1) is 20.1. The molecule has 8 nitrogen and oxygen atoms in total. The van der Waals surface area contributed by atoms with Gasteiger partial charge in [-0.3, -0.25) is 0 Å². The number of hydrogen-bond acceptors (Lipinski definition) is 7. The second-order valence-corrected chi connectivity index (χ2v) is 9.13. The number of ether oxygens (including phenoxy) is 2. The lowest BCUT2D eigenvalue weighted by molar-refractivity contribution is 0.171. The normalized spacial score (nSPS) is 22.7. The van der Waals surface area contributed by atoms with E-state index >= 15 is 0 Å². The molecule has 0 saturated carbocycles. The molecular weight excluding hydrogens is 418 g/mol. The van der Waals surface area contributed by atoms with Crippen LogP contribution in [0.25, 0.3) is 11.9 Å². The molecule has 0 fully saturated rings. The lowest BCUT2D eigenvalue weighted by Gasteiger charge is -2.34. The van der Waals surface area contributed by atoms with Gasteiger partial charge in [-0.05, 0) is 36.8 Å². The molecule has 2 aliphatic rings. The van der Waals surface area contributed by atoms with Gasteiger partial charge < -0.3 is 15.2 Å². The molecule has 2 aliphatic heterocycles. The SMILES string of the molecule is CN1C(N)=N[C@](C)(c2cc(/C=C(\F)c3cnc4c(c3)OCO4)ccc2F)CS1(=O)=O. The van der Waals surface area contributed by atoms with Crippen molar-refractivity contribution in [3.63, 3.8) is 0 Å². The Balaban J connectivity index is 1.73. The zero-order valence-corrected chi connectivity index (χ0v) is 16.9. The maximum Gasteiger partial charge on any atom is 0.260 e. The Hall–Kier alpha value is -3.21. The summed E-state index contributed by atoms with van der Waals surface area (Å²) in [5, 5.41) is 0. The second-order valence-electron chi connectivity index (χ2n) is 7.13. The number of sulfonamides is 1. The fraction of sp³-hybridized carbons (Fsp3) is 0.263. The third kappa shape index (κ3) is 3.45. The van der Waals surface area contributed by atoms with E-state index in [-0.39, 0.29) is 29.8 Å². The summed E-state index contributed by atoms with van der Waals surface area (Å²) in [4.78, 5) is 8.16. The first-order valence-corrected chi connectivity index (χ1v) is 10.5. The number of fused-ring (bicyclic) bond motifs is 1. The average molecular weight is 436 g/mol. The molecule has 0 unspecified atom stereocenters. The highest BCUT2D eigenvalue weighted by atomic mass is 32.2. The van der Waals surface area contributed by atoms with Crippen molar-refractivity contribution in [1.82, 2.24) is 9.29 Å². The fourth-order valence-electron chi connectivity index (χ4n) is 3.29. The predicted molar refractivity (Wildman–Crippen MR) is 106 cm³/mol. The molecule has 3 heterocycles. The van der Waals surface area contributed by atoms with Gasteiger partial charge in [0.1, 0.15) is 17.2 Å². The van der Waals surface area contributed by atoms with Gasteiger partial charge in [0, 0.05) is 24.4 Å². The molecule has 0 radical (unpaired) electrons. The fourth-order valence-corrected chi connectivity index (χ4v) is 4.74. The summed E-state index contributed by atoms with van der Waals surface area (Å²) in [5.41, 5.74) is 4.73. The van der Waals surface area contributed by atoms with Crippen LogP contribution in [0.3, 0.4) is 0 Å². The first-order valence-electron chi connectivity index (χ1n) is 8.84. The van der Waals surface area contributed by atoms with Crippen molar-refractivity contribution >= 4 is 27.9 Å². The molecule has 4 rings (SSSR count). The summed E-state index contributed by atoms with van der Waals surface area (Å²) in [6, 6.07) is 5.31. The van der Waals surface area contributed by atoms with Gasteiger partial charge >= 0.3 is 0 Å². The van der Waals surface area contributed by atoms with E-state index in [1.165, 1.54) is 44.4 Å². The summed E-state index contributed by atoms with van der Waals surface area (Å²) >= 11 is 0.